The first-order chi connectivity index (χ1) is 19.0. The summed E-state index contributed by atoms with van der Waals surface area (Å²) in [4.78, 5) is 28.2. The second-order valence-corrected chi connectivity index (χ2v) is 10.7. The number of benzene rings is 3. The maximum Gasteiger partial charge on any atom is 0.301 e. The van der Waals surface area contributed by atoms with Crippen molar-refractivity contribution in [3.8, 4) is 11.5 Å². The number of hydrogen-bond donors (Lipinski definition) is 1. The molecule has 4 aromatic rings. The van der Waals surface area contributed by atoms with E-state index in [2.05, 4.69) is 10.2 Å². The number of ether oxygens (including phenoxy) is 2. The van der Waals surface area contributed by atoms with E-state index in [1.54, 1.807) is 55.6 Å². The summed E-state index contributed by atoms with van der Waals surface area (Å²) >= 11 is 2.72. The van der Waals surface area contributed by atoms with Crippen LogP contribution < -0.4 is 14.4 Å². The highest BCUT2D eigenvalue weighted by Gasteiger charge is 2.48. The maximum absolute atomic E-state index is 13.4. The van der Waals surface area contributed by atoms with Gasteiger partial charge >= 0.3 is 5.91 Å². The molecule has 10 heteroatoms. The number of ketones is 1. The van der Waals surface area contributed by atoms with E-state index in [0.717, 1.165) is 5.56 Å². The minimum Gasteiger partial charge on any atom is -0.507 e. The standard InChI is InChI=1S/C29H25N3O5S2/c1-3-37-22-11-7-10-20(16-22)24-23(25(33)19-12-14-21(36-2)15-13-19)26(34)27(35)32(24)28-30-31-29(39-28)38-17-18-8-5-4-6-9-18/h4-16,24,33H,3,17H2,1-2H3. The number of rotatable bonds is 9. The third-order valence-electron chi connectivity index (χ3n) is 6.10. The van der Waals surface area contributed by atoms with E-state index in [0.29, 0.717) is 39.3 Å². The van der Waals surface area contributed by atoms with Crippen LogP contribution in [0.3, 0.4) is 0 Å². The van der Waals surface area contributed by atoms with Crippen LogP contribution in [-0.4, -0.2) is 40.7 Å². The van der Waals surface area contributed by atoms with E-state index >= 15 is 0 Å². The number of methoxy groups -OCH3 is 1. The fraction of sp³-hybridized carbons (Fsp3) is 0.172. The number of hydrogen-bond acceptors (Lipinski definition) is 9. The highest BCUT2D eigenvalue weighted by molar-refractivity contribution is 8.00. The molecule has 0 radical (unpaired) electrons. The zero-order valence-electron chi connectivity index (χ0n) is 21.2. The minimum absolute atomic E-state index is 0.0347. The van der Waals surface area contributed by atoms with Crippen LogP contribution in [0.25, 0.3) is 5.76 Å². The number of nitrogens with zero attached hydrogens (tertiary/aromatic N) is 3. The van der Waals surface area contributed by atoms with Gasteiger partial charge in [0.2, 0.25) is 5.13 Å². The van der Waals surface area contributed by atoms with Crippen molar-refractivity contribution < 1.29 is 24.2 Å². The lowest BCUT2D eigenvalue weighted by molar-refractivity contribution is -0.132. The average Bonchev–Trinajstić information content (AvgIpc) is 3.54. The lowest BCUT2D eigenvalue weighted by atomic mass is 9.95. The Hall–Kier alpha value is -4.15. The van der Waals surface area contributed by atoms with E-state index in [4.69, 9.17) is 9.47 Å². The first-order valence-electron chi connectivity index (χ1n) is 12.2. The van der Waals surface area contributed by atoms with Crippen molar-refractivity contribution in [2.45, 2.75) is 23.1 Å². The summed E-state index contributed by atoms with van der Waals surface area (Å²) in [6, 6.07) is 22.8. The summed E-state index contributed by atoms with van der Waals surface area (Å²) < 4.78 is 11.5. The number of anilines is 1. The second-order valence-electron chi connectivity index (χ2n) is 8.53. The van der Waals surface area contributed by atoms with E-state index in [9.17, 15) is 14.7 Å². The summed E-state index contributed by atoms with van der Waals surface area (Å²) in [6.45, 7) is 2.33. The number of Topliss-reactive ketones (excluding diaryl/α,β-unsaturated/α-hetero) is 1. The maximum atomic E-state index is 13.4. The number of aliphatic hydroxyl groups excluding tert-OH is 1. The van der Waals surface area contributed by atoms with Crippen molar-refractivity contribution in [3.05, 3.63) is 101 Å². The molecule has 0 spiro atoms. The Kier molecular flexibility index (Phi) is 7.94. The molecule has 198 valence electrons. The van der Waals surface area contributed by atoms with Gasteiger partial charge in [-0.25, -0.2) is 0 Å². The van der Waals surface area contributed by atoms with Crippen molar-refractivity contribution in [2.24, 2.45) is 0 Å². The smallest absolute Gasteiger partial charge is 0.301 e. The van der Waals surface area contributed by atoms with Gasteiger partial charge in [0, 0.05) is 11.3 Å². The molecule has 0 bridgehead atoms. The number of carbonyl (C=O) groups excluding carboxylic acids is 2. The highest BCUT2D eigenvalue weighted by atomic mass is 32.2. The molecule has 5 rings (SSSR count). The molecule has 1 unspecified atom stereocenters. The predicted molar refractivity (Wildman–Crippen MR) is 151 cm³/mol. The zero-order valence-corrected chi connectivity index (χ0v) is 22.9. The van der Waals surface area contributed by atoms with Gasteiger partial charge in [-0.2, -0.15) is 0 Å². The second kappa shape index (κ2) is 11.7. The third kappa shape index (κ3) is 5.52. The number of carbonyl (C=O) groups is 2. The molecule has 1 aromatic heterocycles. The van der Waals surface area contributed by atoms with E-state index in [1.165, 1.54) is 28.0 Å². The molecule has 2 heterocycles. The molecule has 8 nitrogen and oxygen atoms in total. The number of amides is 1. The van der Waals surface area contributed by atoms with Crippen LogP contribution in [0.15, 0.2) is 88.8 Å². The van der Waals surface area contributed by atoms with Gasteiger partial charge in [0.05, 0.1) is 25.3 Å². The molecule has 39 heavy (non-hydrogen) atoms. The van der Waals surface area contributed by atoms with Gasteiger partial charge in [-0.05, 0) is 54.4 Å². The van der Waals surface area contributed by atoms with Crippen molar-refractivity contribution in [1.82, 2.24) is 10.2 Å². The molecule has 1 saturated heterocycles. The molecular formula is C29H25N3O5S2. The van der Waals surface area contributed by atoms with E-state index < -0.39 is 17.7 Å². The SMILES string of the molecule is CCOc1cccc(C2C(=C(O)c3ccc(OC)cc3)C(=O)C(=O)N2c2nnc(SCc3ccccc3)s2)c1. The average molecular weight is 560 g/mol. The van der Waals surface area contributed by atoms with Crippen LogP contribution in [0.4, 0.5) is 5.13 Å². The van der Waals surface area contributed by atoms with Gasteiger partial charge in [-0.3, -0.25) is 14.5 Å². The Balaban J connectivity index is 1.56. The van der Waals surface area contributed by atoms with Crippen molar-refractivity contribution in [1.29, 1.82) is 0 Å². The summed E-state index contributed by atoms with van der Waals surface area (Å²) in [7, 11) is 1.54. The molecule has 1 amide bonds. The van der Waals surface area contributed by atoms with E-state index in [1.807, 2.05) is 37.3 Å². The number of aromatic nitrogens is 2. The lowest BCUT2D eigenvalue weighted by Crippen LogP contribution is -2.29. The van der Waals surface area contributed by atoms with Crippen molar-refractivity contribution >= 4 is 45.7 Å². The molecule has 1 N–H and O–H groups in total. The quantitative estimate of drug-likeness (QED) is 0.0894. The normalized spacial score (nSPS) is 16.5. The summed E-state index contributed by atoms with van der Waals surface area (Å²) in [5.74, 6) is -0.000264. The van der Waals surface area contributed by atoms with Crippen LogP contribution in [0, 0.1) is 0 Å². The molecule has 3 aromatic carbocycles. The Morgan fingerprint density at radius 3 is 2.49 bits per heavy atom. The highest BCUT2D eigenvalue weighted by Crippen LogP contribution is 2.44. The molecular weight excluding hydrogens is 534 g/mol. The Morgan fingerprint density at radius 1 is 1.00 bits per heavy atom. The first kappa shape index (κ1) is 26.5. The van der Waals surface area contributed by atoms with Crippen LogP contribution in [0.5, 0.6) is 11.5 Å². The minimum atomic E-state index is -0.924. The van der Waals surface area contributed by atoms with Gasteiger partial charge in [-0.15, -0.1) is 10.2 Å². The fourth-order valence-electron chi connectivity index (χ4n) is 4.27. The number of aliphatic hydroxyl groups is 1. The summed E-state index contributed by atoms with van der Waals surface area (Å²) in [5.41, 5.74) is 2.08. The Labute approximate surface area is 233 Å². The molecule has 1 aliphatic rings. The van der Waals surface area contributed by atoms with Crippen molar-refractivity contribution in [3.63, 3.8) is 0 Å². The lowest BCUT2D eigenvalue weighted by Gasteiger charge is -2.23. The largest absolute Gasteiger partial charge is 0.507 e. The van der Waals surface area contributed by atoms with Gasteiger partial charge < -0.3 is 14.6 Å². The summed E-state index contributed by atoms with van der Waals surface area (Å²) in [6.07, 6.45) is 0. The molecule has 0 aliphatic carbocycles. The van der Waals surface area contributed by atoms with E-state index in [-0.39, 0.29) is 16.5 Å². The van der Waals surface area contributed by atoms with Gasteiger partial charge in [0.15, 0.2) is 4.34 Å². The van der Waals surface area contributed by atoms with Gasteiger partial charge in [-0.1, -0.05) is 65.6 Å². The topological polar surface area (TPSA) is 102 Å². The zero-order chi connectivity index (χ0) is 27.4. The van der Waals surface area contributed by atoms with Crippen LogP contribution in [0.2, 0.25) is 0 Å². The Morgan fingerprint density at radius 2 is 1.77 bits per heavy atom. The van der Waals surface area contributed by atoms with Crippen LogP contribution >= 0.6 is 23.1 Å². The fourth-order valence-corrected chi connectivity index (χ4v) is 6.09. The van der Waals surface area contributed by atoms with Crippen LogP contribution in [0.1, 0.15) is 29.7 Å². The number of thioether (sulfide) groups is 1. The molecule has 0 saturated carbocycles. The molecule has 1 aliphatic heterocycles. The Bertz CT molecular complexity index is 1520. The summed E-state index contributed by atoms with van der Waals surface area (Å²) in [5, 5.41) is 20.1. The van der Waals surface area contributed by atoms with Gasteiger partial charge in [0.25, 0.3) is 5.78 Å². The first-order valence-corrected chi connectivity index (χ1v) is 14.0. The molecule has 1 fully saturated rings. The molecule has 1 atom stereocenters. The van der Waals surface area contributed by atoms with Crippen molar-refractivity contribution in [2.75, 3.05) is 18.6 Å². The third-order valence-corrected chi connectivity index (χ3v) is 8.23. The monoisotopic (exact) mass is 559 g/mol. The van der Waals surface area contributed by atoms with Crippen LogP contribution in [-0.2, 0) is 15.3 Å². The van der Waals surface area contributed by atoms with Gasteiger partial charge in [0.1, 0.15) is 17.3 Å². The predicted octanol–water partition coefficient (Wildman–Crippen LogP) is 5.86.